The number of benzene rings is 3. The molecule has 2 heterocycles. The minimum absolute atomic E-state index is 0.214. The zero-order valence-corrected chi connectivity index (χ0v) is 25.6. The fraction of sp³-hybridized carbons (Fsp3) is 0.333. The van der Waals surface area contributed by atoms with Crippen LogP contribution in [0.3, 0.4) is 0 Å². The lowest BCUT2D eigenvalue weighted by Gasteiger charge is -2.28. The van der Waals surface area contributed by atoms with Gasteiger partial charge in [-0.2, -0.15) is 0 Å². The van der Waals surface area contributed by atoms with Crippen LogP contribution in [0.4, 0.5) is 5.69 Å². The molecule has 5 rings (SSSR count). The van der Waals surface area contributed by atoms with Crippen LogP contribution in [0.2, 0.25) is 0 Å². The zero-order chi connectivity index (χ0) is 30.8. The SMILES string of the molecule is COC(=O)C1=C(C)NC(C)=C(C(=O)OC2(C)CCN(CCC(c3ccccc3)c3ccccc3)C2)C1.Nc1ccccc1. The number of hydrogen-bond acceptors (Lipinski definition) is 7. The van der Waals surface area contributed by atoms with Gasteiger partial charge >= 0.3 is 11.9 Å². The van der Waals surface area contributed by atoms with E-state index in [-0.39, 0.29) is 12.4 Å². The Kier molecular flexibility index (Phi) is 10.8. The summed E-state index contributed by atoms with van der Waals surface area (Å²) in [4.78, 5) is 27.7. The second-order valence-electron chi connectivity index (χ2n) is 11.4. The third kappa shape index (κ3) is 8.58. The molecule has 0 aliphatic carbocycles. The first-order chi connectivity index (χ1) is 20.7. The lowest BCUT2D eigenvalue weighted by Crippen LogP contribution is -2.37. The molecule has 1 unspecified atom stereocenters. The van der Waals surface area contributed by atoms with Crippen molar-refractivity contribution in [2.24, 2.45) is 0 Å². The van der Waals surface area contributed by atoms with Gasteiger partial charge in [-0.15, -0.1) is 0 Å². The third-order valence-electron chi connectivity index (χ3n) is 8.10. The Morgan fingerprint density at radius 2 is 1.37 bits per heavy atom. The maximum Gasteiger partial charge on any atom is 0.336 e. The average molecular weight is 582 g/mol. The van der Waals surface area contributed by atoms with Crippen LogP contribution in [0.15, 0.2) is 114 Å². The first kappa shape index (κ1) is 31.6. The zero-order valence-electron chi connectivity index (χ0n) is 25.6. The number of rotatable bonds is 8. The van der Waals surface area contributed by atoms with E-state index in [4.69, 9.17) is 15.2 Å². The van der Waals surface area contributed by atoms with E-state index in [0.717, 1.165) is 37.3 Å². The van der Waals surface area contributed by atoms with E-state index in [1.807, 2.05) is 51.1 Å². The topological polar surface area (TPSA) is 93.9 Å². The van der Waals surface area contributed by atoms with Gasteiger partial charge < -0.3 is 20.5 Å². The van der Waals surface area contributed by atoms with Gasteiger partial charge in [0.25, 0.3) is 0 Å². The second kappa shape index (κ2) is 14.7. The molecule has 0 saturated carbocycles. The first-order valence-corrected chi connectivity index (χ1v) is 14.8. The van der Waals surface area contributed by atoms with Crippen molar-refractivity contribution in [1.29, 1.82) is 0 Å². The number of para-hydroxylation sites is 1. The number of nitrogens with two attached hydrogens (primary N) is 1. The summed E-state index contributed by atoms with van der Waals surface area (Å²) in [6, 6.07) is 30.7. The Morgan fingerprint density at radius 1 is 0.860 bits per heavy atom. The Balaban J connectivity index is 0.000000530. The molecule has 1 atom stereocenters. The molecular weight excluding hydrogens is 538 g/mol. The number of methoxy groups -OCH3 is 1. The molecule has 0 radical (unpaired) electrons. The maximum absolute atomic E-state index is 13.2. The van der Waals surface area contributed by atoms with Crippen molar-refractivity contribution in [1.82, 2.24) is 10.2 Å². The number of hydrogen-bond donors (Lipinski definition) is 2. The molecule has 0 bridgehead atoms. The first-order valence-electron chi connectivity index (χ1n) is 14.8. The molecule has 2 aliphatic rings. The van der Waals surface area contributed by atoms with Crippen molar-refractivity contribution in [3.8, 4) is 0 Å². The van der Waals surface area contributed by atoms with Crippen LogP contribution in [0.5, 0.6) is 0 Å². The van der Waals surface area contributed by atoms with E-state index >= 15 is 0 Å². The standard InChI is InChI=1S/C30H36N2O4.C6H7N/c1-21-26(28(33)35-4)19-27(22(2)31-21)29(34)36-30(3)16-18-32(20-30)17-15-25(23-11-7-5-8-12-23)24-13-9-6-10-14-24;7-6-4-2-1-3-5-6/h5-14,25,31H,15-20H2,1-4H3;1-5H,7H2. The highest BCUT2D eigenvalue weighted by atomic mass is 16.6. The van der Waals surface area contributed by atoms with Crippen LogP contribution in [-0.2, 0) is 19.1 Å². The maximum atomic E-state index is 13.2. The van der Waals surface area contributed by atoms with Crippen molar-refractivity contribution in [2.75, 3.05) is 32.5 Å². The minimum atomic E-state index is -0.568. The van der Waals surface area contributed by atoms with Crippen molar-refractivity contribution in [3.63, 3.8) is 0 Å². The van der Waals surface area contributed by atoms with Gasteiger partial charge in [-0.05, 0) is 57.0 Å². The number of nitrogen functional groups attached to an aromatic ring is 1. The van der Waals surface area contributed by atoms with Gasteiger partial charge in [0.1, 0.15) is 5.60 Å². The fourth-order valence-corrected chi connectivity index (χ4v) is 5.69. The lowest BCUT2D eigenvalue weighted by molar-refractivity contribution is -0.152. The van der Waals surface area contributed by atoms with Crippen LogP contribution < -0.4 is 11.1 Å². The minimum Gasteiger partial charge on any atom is -0.466 e. The number of nitrogens with one attached hydrogen (secondary N) is 1. The number of ether oxygens (including phenoxy) is 2. The van der Waals surface area contributed by atoms with Gasteiger partial charge in [0.05, 0.1) is 18.3 Å². The number of likely N-dealkylation sites (tertiary alicyclic amines) is 1. The van der Waals surface area contributed by atoms with Crippen molar-refractivity contribution >= 4 is 17.6 Å². The number of nitrogens with zero attached hydrogens (tertiary/aromatic N) is 1. The molecule has 43 heavy (non-hydrogen) atoms. The summed E-state index contributed by atoms with van der Waals surface area (Å²) < 4.78 is 10.9. The van der Waals surface area contributed by atoms with Gasteiger partial charge in [-0.25, -0.2) is 9.59 Å². The largest absolute Gasteiger partial charge is 0.466 e. The molecule has 226 valence electrons. The Hall–Kier alpha value is -4.36. The summed E-state index contributed by atoms with van der Waals surface area (Å²) in [7, 11) is 1.35. The number of carbonyl (C=O) groups excluding carboxylic acids is 2. The van der Waals surface area contributed by atoms with Crippen LogP contribution in [0.1, 0.15) is 57.1 Å². The molecule has 3 aromatic carbocycles. The van der Waals surface area contributed by atoms with Gasteiger partial charge in [0, 0.05) is 48.9 Å². The van der Waals surface area contributed by atoms with E-state index in [1.165, 1.54) is 18.2 Å². The summed E-state index contributed by atoms with van der Waals surface area (Å²) in [6.07, 6.45) is 1.98. The molecule has 0 amide bonds. The lowest BCUT2D eigenvalue weighted by atomic mass is 9.88. The molecule has 3 aromatic rings. The van der Waals surface area contributed by atoms with Gasteiger partial charge in [0.2, 0.25) is 0 Å². The Labute approximate surface area is 255 Å². The summed E-state index contributed by atoms with van der Waals surface area (Å²) in [5.41, 5.74) is 10.6. The highest BCUT2D eigenvalue weighted by molar-refractivity contribution is 5.96. The van der Waals surface area contributed by atoms with Crippen LogP contribution in [0.25, 0.3) is 0 Å². The highest BCUT2D eigenvalue weighted by Gasteiger charge is 2.39. The summed E-state index contributed by atoms with van der Waals surface area (Å²) >= 11 is 0. The molecular formula is C36H43N3O4. The molecule has 1 saturated heterocycles. The number of esters is 2. The van der Waals surface area contributed by atoms with Crippen LogP contribution in [0, 0.1) is 0 Å². The molecule has 2 aliphatic heterocycles. The number of allylic oxidation sites excluding steroid dienone is 2. The monoisotopic (exact) mass is 581 g/mol. The predicted molar refractivity (Wildman–Crippen MR) is 171 cm³/mol. The van der Waals surface area contributed by atoms with Crippen molar-refractivity contribution in [3.05, 3.63) is 125 Å². The molecule has 7 nitrogen and oxygen atoms in total. The predicted octanol–water partition coefficient (Wildman–Crippen LogP) is 6.20. The van der Waals surface area contributed by atoms with E-state index in [2.05, 4.69) is 70.9 Å². The summed E-state index contributed by atoms with van der Waals surface area (Å²) in [5.74, 6) is -0.484. The number of dihydropyridines is 1. The Morgan fingerprint density at radius 3 is 1.86 bits per heavy atom. The Bertz CT molecular complexity index is 1400. The number of carbonyl (C=O) groups is 2. The molecule has 3 N–H and O–H groups in total. The average Bonchev–Trinajstić information content (AvgIpc) is 3.38. The fourth-order valence-electron chi connectivity index (χ4n) is 5.69. The molecule has 7 heteroatoms. The van der Waals surface area contributed by atoms with E-state index in [1.54, 1.807) is 0 Å². The van der Waals surface area contributed by atoms with Crippen molar-refractivity contribution in [2.45, 2.75) is 51.6 Å². The van der Waals surface area contributed by atoms with E-state index in [0.29, 0.717) is 29.3 Å². The molecule has 1 fully saturated rings. The van der Waals surface area contributed by atoms with Crippen LogP contribution >= 0.6 is 0 Å². The highest BCUT2D eigenvalue weighted by Crippen LogP contribution is 2.32. The molecule has 0 spiro atoms. The van der Waals surface area contributed by atoms with Gasteiger partial charge in [-0.3, -0.25) is 4.90 Å². The van der Waals surface area contributed by atoms with E-state index < -0.39 is 11.6 Å². The van der Waals surface area contributed by atoms with Crippen LogP contribution in [-0.4, -0.2) is 49.2 Å². The normalized spacial score (nSPS) is 18.5. The quantitative estimate of drug-likeness (QED) is 0.242. The van der Waals surface area contributed by atoms with Gasteiger partial charge in [-0.1, -0.05) is 78.9 Å². The second-order valence-corrected chi connectivity index (χ2v) is 11.4. The summed E-state index contributed by atoms with van der Waals surface area (Å²) in [6.45, 7) is 8.14. The number of anilines is 1. The molecule has 0 aromatic heterocycles. The van der Waals surface area contributed by atoms with Gasteiger partial charge in [0.15, 0.2) is 0 Å². The summed E-state index contributed by atoms with van der Waals surface area (Å²) in [5, 5.41) is 3.13. The van der Waals surface area contributed by atoms with Crippen molar-refractivity contribution < 1.29 is 19.1 Å². The van der Waals surface area contributed by atoms with E-state index in [9.17, 15) is 9.59 Å². The smallest absolute Gasteiger partial charge is 0.336 e. The third-order valence-corrected chi connectivity index (χ3v) is 8.10.